The van der Waals surface area contributed by atoms with E-state index in [4.69, 9.17) is 5.11 Å². The van der Waals surface area contributed by atoms with Gasteiger partial charge >= 0.3 is 5.97 Å². The highest BCUT2D eigenvalue weighted by Gasteiger charge is 2.10. The number of hydrogen-bond acceptors (Lipinski definition) is 4. The Labute approximate surface area is 116 Å². The molecule has 104 valence electrons. The van der Waals surface area contributed by atoms with Gasteiger partial charge in [-0.1, -0.05) is 26.7 Å². The first-order chi connectivity index (χ1) is 8.93. The van der Waals surface area contributed by atoms with E-state index in [9.17, 15) is 14.7 Å². The average molecular weight is 281 g/mol. The molecule has 0 aliphatic rings. The zero-order valence-corrected chi connectivity index (χ0v) is 11.8. The fourth-order valence-corrected chi connectivity index (χ4v) is 2.83. The third-order valence-electron chi connectivity index (χ3n) is 2.69. The molecular weight excluding hydrogens is 264 g/mol. The summed E-state index contributed by atoms with van der Waals surface area (Å²) in [5.74, 6) is -2.49. The van der Waals surface area contributed by atoms with E-state index in [-0.39, 0.29) is 11.1 Å². The van der Waals surface area contributed by atoms with Gasteiger partial charge in [0.15, 0.2) is 0 Å². The van der Waals surface area contributed by atoms with Gasteiger partial charge in [0.2, 0.25) is 0 Å². The van der Waals surface area contributed by atoms with Crippen molar-refractivity contribution in [1.82, 2.24) is 0 Å². The van der Waals surface area contributed by atoms with Crippen LogP contribution in [-0.4, -0.2) is 22.3 Å². The van der Waals surface area contributed by atoms with Crippen LogP contribution in [0.25, 0.3) is 0 Å². The largest absolute Gasteiger partial charge is 0.545 e. The third-order valence-corrected chi connectivity index (χ3v) is 3.84. The second-order valence-electron chi connectivity index (χ2n) is 4.41. The predicted octanol–water partition coefficient (Wildman–Crippen LogP) is 2.42. The molecular formula is C14H17O4S-. The summed E-state index contributed by atoms with van der Waals surface area (Å²) < 4.78 is 0. The number of rotatable bonds is 7. The molecule has 0 saturated heterocycles. The molecule has 1 N–H and O–H groups in total. The van der Waals surface area contributed by atoms with Gasteiger partial charge in [-0.05, 0) is 30.2 Å². The standard InChI is InChI=1S/C14H18O4S/c1-3-4-5-9(2)19-12-7-10(13(15)16)6-11(8-12)14(17)18/h6-9H,3-5H2,1-2H3,(H,15,16)(H,17,18)/p-1. The lowest BCUT2D eigenvalue weighted by molar-refractivity contribution is -0.255. The Balaban J connectivity index is 2.93. The van der Waals surface area contributed by atoms with Gasteiger partial charge in [0, 0.05) is 10.1 Å². The molecule has 1 atom stereocenters. The molecule has 4 nitrogen and oxygen atoms in total. The maximum atomic E-state index is 11.0. The van der Waals surface area contributed by atoms with E-state index in [2.05, 4.69) is 6.92 Å². The van der Waals surface area contributed by atoms with Crippen molar-refractivity contribution in [3.8, 4) is 0 Å². The maximum Gasteiger partial charge on any atom is 0.335 e. The molecule has 0 amide bonds. The van der Waals surface area contributed by atoms with E-state index in [1.165, 1.54) is 23.9 Å². The molecule has 1 aromatic rings. The Kier molecular flexibility index (Phi) is 5.89. The number of aromatic carboxylic acids is 2. The third kappa shape index (κ3) is 4.95. The highest BCUT2D eigenvalue weighted by atomic mass is 32.2. The second-order valence-corrected chi connectivity index (χ2v) is 5.92. The molecule has 0 aliphatic heterocycles. The van der Waals surface area contributed by atoms with Crippen LogP contribution in [0.15, 0.2) is 23.1 Å². The summed E-state index contributed by atoms with van der Waals surface area (Å²) in [6.07, 6.45) is 3.21. The molecule has 5 heteroatoms. The van der Waals surface area contributed by atoms with Crippen LogP contribution < -0.4 is 5.11 Å². The van der Waals surface area contributed by atoms with E-state index in [0.717, 1.165) is 25.3 Å². The lowest BCUT2D eigenvalue weighted by Gasteiger charge is -2.13. The number of thioether (sulfide) groups is 1. The van der Waals surface area contributed by atoms with Gasteiger partial charge < -0.3 is 15.0 Å². The first-order valence-corrected chi connectivity index (χ1v) is 7.08. The minimum atomic E-state index is -1.36. The van der Waals surface area contributed by atoms with Gasteiger partial charge in [0.1, 0.15) is 0 Å². The molecule has 1 unspecified atom stereocenters. The number of benzene rings is 1. The Morgan fingerprint density at radius 1 is 1.32 bits per heavy atom. The van der Waals surface area contributed by atoms with Gasteiger partial charge in [0.25, 0.3) is 0 Å². The minimum Gasteiger partial charge on any atom is -0.545 e. The Morgan fingerprint density at radius 3 is 2.47 bits per heavy atom. The van der Waals surface area contributed by atoms with Gasteiger partial charge in [-0.15, -0.1) is 11.8 Å². The lowest BCUT2D eigenvalue weighted by Crippen LogP contribution is -2.22. The smallest absolute Gasteiger partial charge is 0.335 e. The minimum absolute atomic E-state index is 0.0214. The molecule has 19 heavy (non-hydrogen) atoms. The molecule has 0 saturated carbocycles. The monoisotopic (exact) mass is 281 g/mol. The lowest BCUT2D eigenvalue weighted by atomic mass is 10.1. The quantitative estimate of drug-likeness (QED) is 0.777. The van der Waals surface area contributed by atoms with Crippen LogP contribution in [0, 0.1) is 0 Å². The van der Waals surface area contributed by atoms with E-state index >= 15 is 0 Å². The molecule has 0 aromatic heterocycles. The van der Waals surface area contributed by atoms with Gasteiger partial charge in [-0.3, -0.25) is 0 Å². The fraction of sp³-hybridized carbons (Fsp3) is 0.429. The van der Waals surface area contributed by atoms with Crippen LogP contribution in [0.3, 0.4) is 0 Å². The summed E-state index contributed by atoms with van der Waals surface area (Å²) in [6, 6.07) is 4.09. The van der Waals surface area contributed by atoms with Crippen molar-refractivity contribution in [2.24, 2.45) is 0 Å². The summed E-state index contributed by atoms with van der Waals surface area (Å²) in [4.78, 5) is 22.5. The Bertz CT molecular complexity index is 438. The number of carboxylic acid groups (broad SMARTS) is 2. The van der Waals surface area contributed by atoms with E-state index in [1.807, 2.05) is 6.92 Å². The highest BCUT2D eigenvalue weighted by Crippen LogP contribution is 2.28. The van der Waals surface area contributed by atoms with Crippen molar-refractivity contribution < 1.29 is 19.8 Å². The van der Waals surface area contributed by atoms with Crippen LogP contribution in [0.2, 0.25) is 0 Å². The van der Waals surface area contributed by atoms with Gasteiger partial charge in [-0.25, -0.2) is 4.79 Å². The maximum absolute atomic E-state index is 11.0. The van der Waals surface area contributed by atoms with Crippen LogP contribution in [0.4, 0.5) is 0 Å². The summed E-state index contributed by atoms with van der Waals surface area (Å²) in [5, 5.41) is 20.2. The second kappa shape index (κ2) is 7.19. The van der Waals surface area contributed by atoms with Crippen molar-refractivity contribution in [3.05, 3.63) is 29.3 Å². The number of carbonyl (C=O) groups is 2. The summed E-state index contributed by atoms with van der Waals surface area (Å²) in [7, 11) is 0. The van der Waals surface area contributed by atoms with Crippen LogP contribution in [-0.2, 0) is 0 Å². The average Bonchev–Trinajstić information content (AvgIpc) is 2.35. The Morgan fingerprint density at radius 2 is 1.95 bits per heavy atom. The molecule has 1 rings (SSSR count). The fourth-order valence-electron chi connectivity index (χ4n) is 1.69. The molecule has 0 bridgehead atoms. The van der Waals surface area contributed by atoms with Crippen molar-refractivity contribution in [3.63, 3.8) is 0 Å². The number of carbonyl (C=O) groups excluding carboxylic acids is 1. The molecule has 0 aliphatic carbocycles. The molecule has 0 spiro atoms. The SMILES string of the molecule is CCCCC(C)Sc1cc(C(=O)[O-])cc(C(=O)O)c1. The molecule has 1 aromatic carbocycles. The van der Waals surface area contributed by atoms with Crippen LogP contribution >= 0.6 is 11.8 Å². The summed E-state index contributed by atoms with van der Waals surface area (Å²) in [5.41, 5.74) is -0.114. The zero-order valence-electron chi connectivity index (χ0n) is 11.0. The first-order valence-electron chi connectivity index (χ1n) is 6.20. The van der Waals surface area contributed by atoms with Gasteiger partial charge in [0.05, 0.1) is 11.5 Å². The van der Waals surface area contributed by atoms with E-state index < -0.39 is 11.9 Å². The zero-order chi connectivity index (χ0) is 14.4. The summed E-state index contributed by atoms with van der Waals surface area (Å²) in [6.45, 7) is 4.16. The van der Waals surface area contributed by atoms with Crippen LogP contribution in [0.1, 0.15) is 53.8 Å². The van der Waals surface area contributed by atoms with Crippen molar-refractivity contribution in [2.45, 2.75) is 43.3 Å². The molecule has 0 heterocycles. The predicted molar refractivity (Wildman–Crippen MR) is 72.6 cm³/mol. The van der Waals surface area contributed by atoms with Crippen LogP contribution in [0.5, 0.6) is 0 Å². The van der Waals surface area contributed by atoms with E-state index in [1.54, 1.807) is 0 Å². The van der Waals surface area contributed by atoms with Crippen molar-refractivity contribution >= 4 is 23.7 Å². The first kappa shape index (κ1) is 15.6. The van der Waals surface area contributed by atoms with Gasteiger partial charge in [-0.2, -0.15) is 0 Å². The number of carboxylic acids is 2. The van der Waals surface area contributed by atoms with Crippen molar-refractivity contribution in [1.29, 1.82) is 0 Å². The molecule has 0 radical (unpaired) electrons. The van der Waals surface area contributed by atoms with E-state index in [0.29, 0.717) is 10.1 Å². The normalized spacial score (nSPS) is 12.1. The summed E-state index contributed by atoms with van der Waals surface area (Å²) >= 11 is 1.49. The number of hydrogen-bond donors (Lipinski definition) is 1. The number of unbranched alkanes of at least 4 members (excludes halogenated alkanes) is 1. The highest BCUT2D eigenvalue weighted by molar-refractivity contribution is 7.99. The topological polar surface area (TPSA) is 77.4 Å². The Hall–Kier alpha value is -1.49. The van der Waals surface area contributed by atoms with Crippen molar-refractivity contribution in [2.75, 3.05) is 0 Å². The molecule has 0 fully saturated rings.